The lowest BCUT2D eigenvalue weighted by atomic mass is 10.0. The van der Waals surface area contributed by atoms with Crippen molar-refractivity contribution in [1.82, 2.24) is 9.97 Å². The van der Waals surface area contributed by atoms with Crippen LogP contribution < -0.4 is 14.2 Å². The summed E-state index contributed by atoms with van der Waals surface area (Å²) < 4.78 is 17.1. The van der Waals surface area contributed by atoms with Crippen LogP contribution in [0.1, 0.15) is 22.3 Å². The van der Waals surface area contributed by atoms with Gasteiger partial charge in [0.1, 0.15) is 11.5 Å². The van der Waals surface area contributed by atoms with Gasteiger partial charge in [0, 0.05) is 29.2 Å². The van der Waals surface area contributed by atoms with Gasteiger partial charge in [-0.15, -0.1) is 0 Å². The van der Waals surface area contributed by atoms with Crippen molar-refractivity contribution in [3.63, 3.8) is 0 Å². The van der Waals surface area contributed by atoms with Crippen LogP contribution in [-0.2, 0) is 19.6 Å². The molecule has 182 valence electrons. The van der Waals surface area contributed by atoms with Gasteiger partial charge in [-0.05, 0) is 71.1 Å². The Balaban J connectivity index is 1.41. The van der Waals surface area contributed by atoms with Gasteiger partial charge in [0.15, 0.2) is 11.5 Å². The maximum atomic E-state index is 9.67. The Kier molecular flexibility index (Phi) is 6.66. The first-order valence-corrected chi connectivity index (χ1v) is 11.5. The fraction of sp³-hybridized carbons (Fsp3) is 0.172. The van der Waals surface area contributed by atoms with Crippen molar-refractivity contribution in [2.24, 2.45) is 0 Å². The number of ether oxygens (including phenoxy) is 3. The predicted octanol–water partition coefficient (Wildman–Crippen LogP) is 5.17. The minimum atomic E-state index is -0.169. The molecule has 0 aliphatic heterocycles. The fourth-order valence-corrected chi connectivity index (χ4v) is 4.34. The van der Waals surface area contributed by atoms with Crippen molar-refractivity contribution in [3.8, 4) is 23.0 Å². The lowest BCUT2D eigenvalue weighted by Crippen LogP contribution is -1.97. The smallest absolute Gasteiger partial charge is 0.162 e. The van der Waals surface area contributed by atoms with E-state index in [-0.39, 0.29) is 13.2 Å². The highest BCUT2D eigenvalue weighted by atomic mass is 16.5. The average Bonchev–Trinajstić information content (AvgIpc) is 2.92. The maximum absolute atomic E-state index is 9.67. The summed E-state index contributed by atoms with van der Waals surface area (Å²) in [4.78, 5) is 8.87. The van der Waals surface area contributed by atoms with E-state index in [0.717, 1.165) is 33.8 Å². The number of methoxy groups -OCH3 is 2. The van der Waals surface area contributed by atoms with E-state index in [1.54, 1.807) is 38.7 Å². The molecular weight excluding hydrogens is 456 g/mol. The highest BCUT2D eigenvalue weighted by Gasteiger charge is 2.12. The van der Waals surface area contributed by atoms with Gasteiger partial charge < -0.3 is 24.4 Å². The topological polar surface area (TPSA) is 93.9 Å². The van der Waals surface area contributed by atoms with Gasteiger partial charge in [0.05, 0.1) is 38.5 Å². The van der Waals surface area contributed by atoms with Crippen LogP contribution in [0.2, 0.25) is 0 Å². The van der Waals surface area contributed by atoms with Crippen molar-refractivity contribution in [2.45, 2.75) is 19.6 Å². The zero-order valence-electron chi connectivity index (χ0n) is 20.1. The molecule has 0 unspecified atom stereocenters. The van der Waals surface area contributed by atoms with E-state index in [0.29, 0.717) is 39.6 Å². The Labute approximate surface area is 208 Å². The zero-order valence-corrected chi connectivity index (χ0v) is 20.1. The molecule has 0 radical (unpaired) electrons. The number of aromatic nitrogens is 2. The van der Waals surface area contributed by atoms with Crippen molar-refractivity contribution in [3.05, 3.63) is 95.3 Å². The van der Waals surface area contributed by atoms with Crippen molar-refractivity contribution >= 4 is 21.8 Å². The Hall–Kier alpha value is -4.20. The maximum Gasteiger partial charge on any atom is 0.162 e. The predicted molar refractivity (Wildman–Crippen MR) is 138 cm³/mol. The normalized spacial score (nSPS) is 11.1. The van der Waals surface area contributed by atoms with Crippen LogP contribution >= 0.6 is 0 Å². The average molecular weight is 483 g/mol. The highest BCUT2D eigenvalue weighted by Crippen LogP contribution is 2.34. The number of benzene rings is 3. The van der Waals surface area contributed by atoms with Gasteiger partial charge in [0.2, 0.25) is 0 Å². The van der Waals surface area contributed by atoms with Crippen molar-refractivity contribution < 1.29 is 24.4 Å². The minimum absolute atomic E-state index is 0.160. The number of aliphatic hydroxyl groups is 2. The lowest BCUT2D eigenvalue weighted by molar-refractivity contribution is 0.260. The molecule has 0 amide bonds. The summed E-state index contributed by atoms with van der Waals surface area (Å²) in [5.74, 6) is 2.64. The first kappa shape index (κ1) is 23.5. The first-order valence-electron chi connectivity index (χ1n) is 11.5. The number of fused-ring (bicyclic) bond motifs is 2. The second-order valence-corrected chi connectivity index (χ2v) is 8.38. The number of rotatable bonds is 8. The van der Waals surface area contributed by atoms with Gasteiger partial charge in [-0.3, -0.25) is 9.97 Å². The van der Waals surface area contributed by atoms with E-state index >= 15 is 0 Å². The van der Waals surface area contributed by atoms with Crippen molar-refractivity contribution in [1.29, 1.82) is 0 Å². The number of pyridine rings is 2. The molecule has 0 aliphatic rings. The quantitative estimate of drug-likeness (QED) is 0.315. The van der Waals surface area contributed by atoms with Crippen LogP contribution in [-0.4, -0.2) is 34.4 Å². The molecular formula is C29H26N2O5. The SMILES string of the molecule is COc1cc2nccc(Cc3ccc(Oc4ccnc5cc(CO)c(CO)cc45)cc3)c2cc1OC. The molecule has 7 nitrogen and oxygen atoms in total. The first-order chi connectivity index (χ1) is 17.6. The molecule has 0 atom stereocenters. The van der Waals surface area contributed by atoms with Gasteiger partial charge >= 0.3 is 0 Å². The molecule has 2 heterocycles. The third-order valence-corrected chi connectivity index (χ3v) is 6.25. The van der Waals surface area contributed by atoms with Gasteiger partial charge in [-0.25, -0.2) is 0 Å². The molecule has 2 aromatic heterocycles. The Bertz CT molecular complexity index is 1420. The zero-order chi connectivity index (χ0) is 25.1. The second-order valence-electron chi connectivity index (χ2n) is 8.38. The Morgan fingerprint density at radius 2 is 1.28 bits per heavy atom. The molecule has 0 saturated heterocycles. The molecule has 0 fully saturated rings. The van der Waals surface area contributed by atoms with E-state index in [2.05, 4.69) is 9.97 Å². The summed E-state index contributed by atoms with van der Waals surface area (Å²) in [5, 5.41) is 21.0. The highest BCUT2D eigenvalue weighted by molar-refractivity contribution is 5.87. The number of hydrogen-bond acceptors (Lipinski definition) is 7. The van der Waals surface area contributed by atoms with E-state index in [4.69, 9.17) is 14.2 Å². The minimum Gasteiger partial charge on any atom is -0.493 e. The number of hydrogen-bond donors (Lipinski definition) is 2. The monoisotopic (exact) mass is 482 g/mol. The molecule has 0 aliphatic carbocycles. The van der Waals surface area contributed by atoms with E-state index in [9.17, 15) is 10.2 Å². The third-order valence-electron chi connectivity index (χ3n) is 6.25. The molecule has 0 saturated carbocycles. The van der Waals surface area contributed by atoms with Crippen LogP contribution in [0, 0.1) is 0 Å². The summed E-state index contributed by atoms with van der Waals surface area (Å²) in [6, 6.07) is 19.2. The van der Waals surface area contributed by atoms with E-state index in [1.165, 1.54) is 0 Å². The second kappa shape index (κ2) is 10.2. The molecule has 7 heteroatoms. The van der Waals surface area contributed by atoms with Crippen LogP contribution in [0.4, 0.5) is 0 Å². The summed E-state index contributed by atoms with van der Waals surface area (Å²) in [5.41, 5.74) is 5.10. The molecule has 36 heavy (non-hydrogen) atoms. The molecule has 0 spiro atoms. The number of nitrogens with zero attached hydrogens (tertiary/aromatic N) is 2. The standard InChI is InChI=1S/C29H26N2O5/c1-34-28-14-23-19(7-9-30-26(23)15-29(28)35-2)11-18-3-5-22(6-4-18)36-27-8-10-31-25-13-21(17-33)20(16-32)12-24(25)27/h3-10,12-15,32-33H,11,16-17H2,1-2H3. The lowest BCUT2D eigenvalue weighted by Gasteiger charge is -2.13. The molecule has 5 rings (SSSR count). The van der Waals surface area contributed by atoms with Gasteiger partial charge in [0.25, 0.3) is 0 Å². The van der Waals surface area contributed by atoms with Crippen LogP contribution in [0.25, 0.3) is 21.8 Å². The molecule has 0 bridgehead atoms. The molecule has 2 N–H and O–H groups in total. The Morgan fingerprint density at radius 3 is 1.97 bits per heavy atom. The van der Waals surface area contributed by atoms with Crippen LogP contribution in [0.3, 0.4) is 0 Å². The van der Waals surface area contributed by atoms with Gasteiger partial charge in [-0.2, -0.15) is 0 Å². The third kappa shape index (κ3) is 4.54. The van der Waals surface area contributed by atoms with Crippen molar-refractivity contribution in [2.75, 3.05) is 14.2 Å². The van der Waals surface area contributed by atoms with E-state index < -0.39 is 0 Å². The fourth-order valence-electron chi connectivity index (χ4n) is 4.34. The van der Waals surface area contributed by atoms with E-state index in [1.807, 2.05) is 48.5 Å². The van der Waals surface area contributed by atoms with Crippen LogP contribution in [0.5, 0.6) is 23.0 Å². The summed E-state index contributed by atoms with van der Waals surface area (Å²) in [6.07, 6.45) is 4.19. The molecule has 5 aromatic rings. The summed E-state index contributed by atoms with van der Waals surface area (Å²) >= 11 is 0. The van der Waals surface area contributed by atoms with Gasteiger partial charge in [-0.1, -0.05) is 12.1 Å². The largest absolute Gasteiger partial charge is 0.493 e. The number of aliphatic hydroxyl groups excluding tert-OH is 2. The van der Waals surface area contributed by atoms with Crippen LogP contribution in [0.15, 0.2) is 73.1 Å². The molecule has 3 aromatic carbocycles. The Morgan fingerprint density at radius 1 is 0.639 bits per heavy atom. The summed E-state index contributed by atoms with van der Waals surface area (Å²) in [7, 11) is 3.24. The summed E-state index contributed by atoms with van der Waals surface area (Å²) in [6.45, 7) is -0.329.